The number of rotatable bonds is 2. The Morgan fingerprint density at radius 3 is 2.37 bits per heavy atom. The lowest BCUT2D eigenvalue weighted by Crippen LogP contribution is -2.55. The van der Waals surface area contributed by atoms with Crippen molar-refractivity contribution < 1.29 is 9.53 Å². The second-order valence-corrected chi connectivity index (χ2v) is 5.10. The molecule has 2 aliphatic heterocycles. The lowest BCUT2D eigenvalue weighted by molar-refractivity contribution is -0.137. The van der Waals surface area contributed by atoms with E-state index < -0.39 is 0 Å². The minimum absolute atomic E-state index is 0. The molecule has 0 bridgehead atoms. The van der Waals surface area contributed by atoms with Gasteiger partial charge in [-0.3, -0.25) is 4.79 Å². The topological polar surface area (TPSA) is 44.8 Å². The molecule has 0 aromatic carbocycles. The van der Waals surface area contributed by atoms with E-state index in [1.54, 1.807) is 0 Å². The summed E-state index contributed by atoms with van der Waals surface area (Å²) in [7, 11) is 4.22. The molecule has 7 heteroatoms. The van der Waals surface area contributed by atoms with Gasteiger partial charge < -0.3 is 19.9 Å². The molecule has 2 heterocycles. The molecule has 1 amide bonds. The lowest BCUT2D eigenvalue weighted by Gasteiger charge is -2.37. The Labute approximate surface area is 127 Å². The number of nitrogens with zero attached hydrogens (tertiary/aromatic N) is 2. The molecule has 2 rings (SSSR count). The van der Waals surface area contributed by atoms with Gasteiger partial charge in [0.2, 0.25) is 5.91 Å². The maximum Gasteiger partial charge on any atom is 0.242 e. The number of ether oxygens (including phenoxy) is 1. The number of piperidine rings is 1. The van der Waals surface area contributed by atoms with E-state index >= 15 is 0 Å². The molecule has 0 aromatic heterocycles. The van der Waals surface area contributed by atoms with Gasteiger partial charge in [-0.2, -0.15) is 0 Å². The molecular weight excluding hydrogens is 289 g/mol. The number of nitrogens with one attached hydrogen (secondary N) is 1. The fourth-order valence-electron chi connectivity index (χ4n) is 2.55. The third-order valence-corrected chi connectivity index (χ3v) is 3.73. The Balaban J connectivity index is 0.00000162. The molecule has 2 saturated heterocycles. The zero-order valence-electron chi connectivity index (χ0n) is 11.6. The molecule has 0 aliphatic carbocycles. The van der Waals surface area contributed by atoms with Crippen LogP contribution >= 0.6 is 24.8 Å². The van der Waals surface area contributed by atoms with Crippen molar-refractivity contribution in [3.63, 3.8) is 0 Å². The molecule has 2 fully saturated rings. The highest BCUT2D eigenvalue weighted by atomic mass is 35.5. The van der Waals surface area contributed by atoms with Crippen LogP contribution in [0, 0.1) is 0 Å². The van der Waals surface area contributed by atoms with Crippen molar-refractivity contribution in [3.05, 3.63) is 0 Å². The molecule has 19 heavy (non-hydrogen) atoms. The number of hydrogen-bond acceptors (Lipinski definition) is 4. The van der Waals surface area contributed by atoms with E-state index in [2.05, 4.69) is 24.3 Å². The fourth-order valence-corrected chi connectivity index (χ4v) is 2.55. The summed E-state index contributed by atoms with van der Waals surface area (Å²) in [4.78, 5) is 16.4. The molecule has 0 spiro atoms. The van der Waals surface area contributed by atoms with Gasteiger partial charge in [-0.05, 0) is 26.9 Å². The Hall–Kier alpha value is -0.0700. The van der Waals surface area contributed by atoms with Crippen molar-refractivity contribution in [1.82, 2.24) is 15.1 Å². The predicted octanol–water partition coefficient (Wildman–Crippen LogP) is 0.371. The Bertz CT molecular complexity index is 266. The van der Waals surface area contributed by atoms with Gasteiger partial charge in [-0.25, -0.2) is 0 Å². The van der Waals surface area contributed by atoms with Crippen molar-refractivity contribution in [2.75, 3.05) is 46.9 Å². The second-order valence-electron chi connectivity index (χ2n) is 5.10. The molecule has 5 nitrogen and oxygen atoms in total. The van der Waals surface area contributed by atoms with Crippen molar-refractivity contribution in [3.8, 4) is 0 Å². The summed E-state index contributed by atoms with van der Waals surface area (Å²) in [5, 5.41) is 3.22. The van der Waals surface area contributed by atoms with Crippen LogP contribution in [0.25, 0.3) is 0 Å². The fraction of sp³-hybridized carbons (Fsp3) is 0.917. The normalized spacial score (nSPS) is 24.6. The molecule has 1 N–H and O–H groups in total. The summed E-state index contributed by atoms with van der Waals surface area (Å²) in [5.41, 5.74) is 0. The van der Waals surface area contributed by atoms with Crippen LogP contribution in [-0.2, 0) is 9.53 Å². The molecule has 1 unspecified atom stereocenters. The quantitative estimate of drug-likeness (QED) is 0.800. The van der Waals surface area contributed by atoms with Crippen molar-refractivity contribution >= 4 is 30.7 Å². The van der Waals surface area contributed by atoms with E-state index in [4.69, 9.17) is 4.74 Å². The highest BCUT2D eigenvalue weighted by Crippen LogP contribution is 2.15. The molecule has 0 aromatic rings. The third-order valence-electron chi connectivity index (χ3n) is 3.73. The van der Waals surface area contributed by atoms with Crippen LogP contribution in [0.3, 0.4) is 0 Å². The number of carbonyl (C=O) groups excluding carboxylic acids is 1. The lowest BCUT2D eigenvalue weighted by atomic mass is 10.0. The van der Waals surface area contributed by atoms with Gasteiger partial charge in [0.15, 0.2) is 0 Å². The summed E-state index contributed by atoms with van der Waals surface area (Å²) < 4.78 is 5.34. The zero-order chi connectivity index (χ0) is 12.3. The average molecular weight is 314 g/mol. The maximum absolute atomic E-state index is 12.2. The van der Waals surface area contributed by atoms with Crippen molar-refractivity contribution in [2.24, 2.45) is 0 Å². The van der Waals surface area contributed by atoms with Crippen LogP contribution in [0.4, 0.5) is 0 Å². The molecule has 114 valence electrons. The van der Waals surface area contributed by atoms with Crippen LogP contribution in [0.5, 0.6) is 0 Å². The number of halogens is 2. The number of hydrogen-bond donors (Lipinski definition) is 1. The number of likely N-dealkylation sites (tertiary alicyclic amines) is 1. The summed E-state index contributed by atoms with van der Waals surface area (Å²) in [5.74, 6) is 0.210. The standard InChI is InChI=1S/C12H23N3O2.2ClH/c1-14(2)10-3-6-15(7-4-10)12(16)11-9-17-8-5-13-11;;/h10-11,13H,3-9H2,1-2H3;2*1H. The monoisotopic (exact) mass is 313 g/mol. The minimum atomic E-state index is -0.125. The van der Waals surface area contributed by atoms with E-state index in [0.29, 0.717) is 19.3 Å². The maximum atomic E-state index is 12.2. The first-order valence-electron chi connectivity index (χ1n) is 6.45. The van der Waals surface area contributed by atoms with Gasteiger partial charge in [-0.1, -0.05) is 0 Å². The second kappa shape index (κ2) is 8.97. The van der Waals surface area contributed by atoms with Crippen molar-refractivity contribution in [2.45, 2.75) is 24.9 Å². The van der Waals surface area contributed by atoms with Crippen LogP contribution in [-0.4, -0.2) is 74.7 Å². The summed E-state index contributed by atoms with van der Waals surface area (Å²) in [6, 6.07) is 0.495. The van der Waals surface area contributed by atoms with Gasteiger partial charge in [0.25, 0.3) is 0 Å². The van der Waals surface area contributed by atoms with Gasteiger partial charge in [-0.15, -0.1) is 24.8 Å². The largest absolute Gasteiger partial charge is 0.378 e. The van der Waals surface area contributed by atoms with Crippen LogP contribution in [0.2, 0.25) is 0 Å². The smallest absolute Gasteiger partial charge is 0.242 e. The predicted molar refractivity (Wildman–Crippen MR) is 80.4 cm³/mol. The Morgan fingerprint density at radius 1 is 1.26 bits per heavy atom. The van der Waals surface area contributed by atoms with E-state index in [1.165, 1.54) is 0 Å². The van der Waals surface area contributed by atoms with Crippen LogP contribution in [0.1, 0.15) is 12.8 Å². The SMILES string of the molecule is CN(C)C1CCN(C(=O)C2COCCN2)CC1.Cl.Cl. The van der Waals surface area contributed by atoms with Gasteiger partial charge in [0, 0.05) is 25.7 Å². The average Bonchev–Trinajstić information content (AvgIpc) is 2.39. The Kier molecular flexibility index (Phi) is 8.94. The minimum Gasteiger partial charge on any atom is -0.378 e. The number of carbonyl (C=O) groups is 1. The highest BCUT2D eigenvalue weighted by Gasteiger charge is 2.29. The summed E-state index contributed by atoms with van der Waals surface area (Å²) in [6.07, 6.45) is 2.15. The van der Waals surface area contributed by atoms with Crippen LogP contribution < -0.4 is 5.32 Å². The van der Waals surface area contributed by atoms with E-state index in [9.17, 15) is 4.79 Å². The van der Waals surface area contributed by atoms with Gasteiger partial charge in [0.1, 0.15) is 6.04 Å². The molecule has 2 aliphatic rings. The summed E-state index contributed by atoms with van der Waals surface area (Å²) >= 11 is 0. The zero-order valence-corrected chi connectivity index (χ0v) is 13.3. The molecule has 1 atom stereocenters. The number of amides is 1. The van der Waals surface area contributed by atoms with Gasteiger partial charge in [0.05, 0.1) is 13.2 Å². The third kappa shape index (κ3) is 5.08. The molecule has 0 radical (unpaired) electrons. The van der Waals surface area contributed by atoms with Gasteiger partial charge >= 0.3 is 0 Å². The van der Waals surface area contributed by atoms with E-state index in [0.717, 1.165) is 32.5 Å². The first kappa shape index (κ1) is 18.9. The highest BCUT2D eigenvalue weighted by molar-refractivity contribution is 5.85. The van der Waals surface area contributed by atoms with E-state index in [-0.39, 0.29) is 36.8 Å². The van der Waals surface area contributed by atoms with E-state index in [1.807, 2.05) is 4.90 Å². The first-order chi connectivity index (χ1) is 8.18. The summed E-state index contributed by atoms with van der Waals surface area (Å²) in [6.45, 7) is 3.77. The molecule has 0 saturated carbocycles. The van der Waals surface area contributed by atoms with Crippen LogP contribution in [0.15, 0.2) is 0 Å². The Morgan fingerprint density at radius 2 is 1.89 bits per heavy atom. The van der Waals surface area contributed by atoms with Crippen molar-refractivity contribution in [1.29, 1.82) is 0 Å². The first-order valence-corrected chi connectivity index (χ1v) is 6.45. The number of morpholine rings is 1. The molecular formula is C12H25Cl2N3O2.